The fraction of sp³-hybridized carbons (Fsp3) is 0.111. The van der Waals surface area contributed by atoms with Gasteiger partial charge < -0.3 is 0 Å². The van der Waals surface area contributed by atoms with Crippen LogP contribution in [0.15, 0.2) is 66.7 Å². The third-order valence-electron chi connectivity index (χ3n) is 3.05. The third-order valence-corrected chi connectivity index (χ3v) is 3.05. The molecule has 0 N–H and O–H groups in total. The lowest BCUT2D eigenvalue weighted by Crippen LogP contribution is -2.33. The zero-order valence-corrected chi connectivity index (χ0v) is 11.9. The highest BCUT2D eigenvalue weighted by Gasteiger charge is 2.15. The van der Waals surface area contributed by atoms with E-state index in [0.717, 1.165) is 11.1 Å². The Hall–Kier alpha value is -2.68. The number of nitrogens with zero attached hydrogens (tertiary/aromatic N) is 1. The first-order valence-electron chi connectivity index (χ1n) is 6.76. The van der Waals surface area contributed by atoms with E-state index in [1.807, 2.05) is 60.7 Å². The minimum absolute atomic E-state index is 0.262. The van der Waals surface area contributed by atoms with Crippen molar-refractivity contribution in [1.29, 1.82) is 0 Å². The molecule has 0 aliphatic carbocycles. The molecule has 0 aromatic heterocycles. The summed E-state index contributed by atoms with van der Waals surface area (Å²) in [6.45, 7) is 1.69. The lowest BCUT2D eigenvalue weighted by Gasteiger charge is -2.17. The van der Waals surface area contributed by atoms with Gasteiger partial charge in [0, 0.05) is 13.0 Å². The van der Waals surface area contributed by atoms with Crippen molar-refractivity contribution < 1.29 is 9.59 Å². The second kappa shape index (κ2) is 7.20. The van der Waals surface area contributed by atoms with E-state index in [2.05, 4.69) is 0 Å². The van der Waals surface area contributed by atoms with Gasteiger partial charge in [0.15, 0.2) is 0 Å². The summed E-state index contributed by atoms with van der Waals surface area (Å²) < 4.78 is 0. The number of hydrogen-bond acceptors (Lipinski definition) is 2. The Morgan fingerprint density at radius 1 is 0.952 bits per heavy atom. The monoisotopic (exact) mass is 279 g/mol. The highest BCUT2D eigenvalue weighted by Crippen LogP contribution is 2.07. The second-order valence-corrected chi connectivity index (χ2v) is 4.67. The van der Waals surface area contributed by atoms with Gasteiger partial charge in [-0.1, -0.05) is 60.7 Å². The zero-order chi connectivity index (χ0) is 15.1. The minimum atomic E-state index is -0.310. The van der Waals surface area contributed by atoms with Gasteiger partial charge in [-0.3, -0.25) is 14.5 Å². The summed E-state index contributed by atoms with van der Waals surface area (Å²) in [5.41, 5.74) is 1.85. The van der Waals surface area contributed by atoms with E-state index >= 15 is 0 Å². The van der Waals surface area contributed by atoms with Crippen LogP contribution in [0.4, 0.5) is 0 Å². The third kappa shape index (κ3) is 4.42. The van der Waals surface area contributed by atoms with Crippen LogP contribution in [0.1, 0.15) is 18.1 Å². The highest BCUT2D eigenvalue weighted by molar-refractivity contribution is 6.02. The van der Waals surface area contributed by atoms with Crippen LogP contribution < -0.4 is 0 Å². The van der Waals surface area contributed by atoms with Gasteiger partial charge >= 0.3 is 0 Å². The van der Waals surface area contributed by atoms with E-state index in [4.69, 9.17) is 0 Å². The second-order valence-electron chi connectivity index (χ2n) is 4.67. The topological polar surface area (TPSA) is 37.4 Å². The fourth-order valence-corrected chi connectivity index (χ4v) is 1.93. The van der Waals surface area contributed by atoms with E-state index in [0.29, 0.717) is 0 Å². The quantitative estimate of drug-likeness (QED) is 0.805. The first-order valence-corrected chi connectivity index (χ1v) is 6.76. The van der Waals surface area contributed by atoms with Gasteiger partial charge in [0.05, 0.1) is 6.54 Å². The minimum Gasteiger partial charge on any atom is -0.275 e. The molecule has 2 aromatic rings. The first kappa shape index (κ1) is 14.7. The van der Waals surface area contributed by atoms with Gasteiger partial charge in [-0.25, -0.2) is 0 Å². The van der Waals surface area contributed by atoms with Crippen molar-refractivity contribution >= 4 is 17.9 Å². The molecule has 3 heteroatoms. The average Bonchev–Trinajstić information content (AvgIpc) is 2.52. The summed E-state index contributed by atoms with van der Waals surface area (Å²) in [6.07, 6.45) is 3.14. The molecule has 0 saturated carbocycles. The summed E-state index contributed by atoms with van der Waals surface area (Å²) in [7, 11) is 0. The summed E-state index contributed by atoms with van der Waals surface area (Å²) >= 11 is 0. The van der Waals surface area contributed by atoms with Crippen LogP contribution in [0, 0.1) is 0 Å². The van der Waals surface area contributed by atoms with Crippen molar-refractivity contribution in [3.8, 4) is 0 Å². The Bertz CT molecular complexity index is 633. The summed E-state index contributed by atoms with van der Waals surface area (Å²) in [4.78, 5) is 25.1. The Balaban J connectivity index is 2.09. The average molecular weight is 279 g/mol. The molecule has 2 amide bonds. The number of hydrogen-bond donors (Lipinski definition) is 0. The summed E-state index contributed by atoms with van der Waals surface area (Å²) in [5, 5.41) is 0. The summed E-state index contributed by atoms with van der Waals surface area (Å²) in [6, 6.07) is 19.0. The molecule has 2 aromatic carbocycles. The lowest BCUT2D eigenvalue weighted by atomic mass is 10.2. The number of rotatable bonds is 4. The molecular weight excluding hydrogens is 262 g/mol. The Morgan fingerprint density at radius 2 is 1.52 bits per heavy atom. The zero-order valence-electron chi connectivity index (χ0n) is 11.9. The van der Waals surface area contributed by atoms with Gasteiger partial charge in [-0.05, 0) is 17.2 Å². The smallest absolute Gasteiger partial charge is 0.253 e. The molecule has 0 saturated heterocycles. The van der Waals surface area contributed by atoms with Gasteiger partial charge in [0.2, 0.25) is 5.91 Å². The van der Waals surface area contributed by atoms with E-state index in [1.165, 1.54) is 17.9 Å². The molecule has 0 radical (unpaired) electrons. The van der Waals surface area contributed by atoms with Crippen LogP contribution in [0.25, 0.3) is 6.08 Å². The molecule has 0 bridgehead atoms. The molecular formula is C18H17NO2. The van der Waals surface area contributed by atoms with Crippen molar-refractivity contribution in [2.45, 2.75) is 13.5 Å². The number of imide groups is 1. The highest BCUT2D eigenvalue weighted by atomic mass is 16.2. The molecule has 0 aliphatic rings. The predicted octanol–water partition coefficient (Wildman–Crippen LogP) is 3.28. The van der Waals surface area contributed by atoms with Crippen molar-refractivity contribution in [3.63, 3.8) is 0 Å². The molecule has 21 heavy (non-hydrogen) atoms. The largest absolute Gasteiger partial charge is 0.275 e. The Labute approximate surface area is 124 Å². The van der Waals surface area contributed by atoms with Crippen LogP contribution in [-0.2, 0) is 16.1 Å². The number of carbonyl (C=O) groups excluding carboxylic acids is 2. The van der Waals surface area contributed by atoms with Crippen molar-refractivity contribution in [2.75, 3.05) is 0 Å². The van der Waals surface area contributed by atoms with Crippen molar-refractivity contribution in [1.82, 2.24) is 4.90 Å². The van der Waals surface area contributed by atoms with Crippen molar-refractivity contribution in [3.05, 3.63) is 77.9 Å². The van der Waals surface area contributed by atoms with Crippen LogP contribution in [0.5, 0.6) is 0 Å². The van der Waals surface area contributed by atoms with E-state index in [9.17, 15) is 9.59 Å². The van der Waals surface area contributed by atoms with Gasteiger partial charge in [0.1, 0.15) is 0 Å². The number of amides is 2. The number of carbonyl (C=O) groups is 2. The lowest BCUT2D eigenvalue weighted by molar-refractivity contribution is -0.141. The molecule has 0 spiro atoms. The van der Waals surface area contributed by atoms with Crippen LogP contribution in [0.3, 0.4) is 0 Å². The van der Waals surface area contributed by atoms with Crippen LogP contribution in [-0.4, -0.2) is 16.7 Å². The maximum Gasteiger partial charge on any atom is 0.253 e. The molecule has 2 rings (SSSR count). The Morgan fingerprint density at radius 3 is 2.10 bits per heavy atom. The fourth-order valence-electron chi connectivity index (χ4n) is 1.93. The molecule has 3 nitrogen and oxygen atoms in total. The van der Waals surface area contributed by atoms with Crippen LogP contribution >= 0.6 is 0 Å². The summed E-state index contributed by atoms with van der Waals surface area (Å²) in [5.74, 6) is -0.572. The van der Waals surface area contributed by atoms with Crippen molar-refractivity contribution in [2.24, 2.45) is 0 Å². The first-order chi connectivity index (χ1) is 10.2. The molecule has 0 atom stereocenters. The maximum absolute atomic E-state index is 12.2. The van der Waals surface area contributed by atoms with Gasteiger partial charge in [-0.2, -0.15) is 0 Å². The maximum atomic E-state index is 12.2. The Kier molecular flexibility index (Phi) is 5.04. The SMILES string of the molecule is CC(=O)N(Cc1ccccc1)C(=O)/C=C/c1ccccc1. The molecule has 0 aliphatic heterocycles. The molecule has 106 valence electrons. The molecule has 0 heterocycles. The standard InChI is InChI=1S/C18H17NO2/c1-15(20)19(14-17-10-6-3-7-11-17)18(21)13-12-16-8-4-2-5-9-16/h2-13H,14H2,1H3/b13-12+. The normalized spacial score (nSPS) is 10.5. The van der Waals surface area contributed by atoms with E-state index in [-0.39, 0.29) is 18.4 Å². The number of benzene rings is 2. The van der Waals surface area contributed by atoms with E-state index in [1.54, 1.807) is 6.08 Å². The van der Waals surface area contributed by atoms with Gasteiger partial charge in [0.25, 0.3) is 5.91 Å². The molecule has 0 fully saturated rings. The van der Waals surface area contributed by atoms with E-state index < -0.39 is 0 Å². The predicted molar refractivity (Wildman–Crippen MR) is 83.1 cm³/mol. The van der Waals surface area contributed by atoms with Crippen LogP contribution in [0.2, 0.25) is 0 Å². The van der Waals surface area contributed by atoms with Gasteiger partial charge in [-0.15, -0.1) is 0 Å². The molecule has 0 unspecified atom stereocenters.